The number of carboxylic acids is 1. The first-order chi connectivity index (χ1) is 11.7. The molecular formula is C16H17N3O3S2. The van der Waals surface area contributed by atoms with E-state index in [0.717, 1.165) is 11.3 Å². The van der Waals surface area contributed by atoms with Crippen molar-refractivity contribution in [1.29, 1.82) is 0 Å². The summed E-state index contributed by atoms with van der Waals surface area (Å²) in [5.74, 6) is 0.252. The molecule has 0 bridgehead atoms. The zero-order chi connectivity index (χ0) is 17.2. The summed E-state index contributed by atoms with van der Waals surface area (Å²) in [6.07, 6.45) is 3.52. The van der Waals surface area contributed by atoms with E-state index in [1.54, 1.807) is 35.3 Å². The standard InChI is InChI=1S/C16H17N3O3S2/c20-15(21)6-10-23-24-11-9-18-16(22)14-3-1-2-13(19-14)12-4-7-17-8-5-12/h1-5,7-8H,6,9-11H2,(H,18,22)(H,20,21). The fraction of sp³-hybridized carbons (Fsp3) is 0.250. The molecule has 0 saturated carbocycles. The lowest BCUT2D eigenvalue weighted by Crippen LogP contribution is -2.26. The second-order valence-electron chi connectivity index (χ2n) is 4.69. The van der Waals surface area contributed by atoms with E-state index in [9.17, 15) is 9.59 Å². The lowest BCUT2D eigenvalue weighted by molar-refractivity contribution is -0.136. The first-order valence-electron chi connectivity index (χ1n) is 7.28. The fourth-order valence-corrected chi connectivity index (χ4v) is 3.67. The number of carboxylic acid groups (broad SMARTS) is 1. The molecule has 0 aliphatic heterocycles. The van der Waals surface area contributed by atoms with Crippen molar-refractivity contribution >= 4 is 33.5 Å². The Labute approximate surface area is 147 Å². The molecule has 0 spiro atoms. The lowest BCUT2D eigenvalue weighted by atomic mass is 10.1. The highest BCUT2D eigenvalue weighted by molar-refractivity contribution is 8.76. The highest BCUT2D eigenvalue weighted by Crippen LogP contribution is 2.21. The van der Waals surface area contributed by atoms with E-state index >= 15 is 0 Å². The molecular weight excluding hydrogens is 346 g/mol. The van der Waals surface area contributed by atoms with Crippen molar-refractivity contribution in [2.75, 3.05) is 18.1 Å². The molecule has 2 rings (SSSR count). The molecule has 2 aromatic heterocycles. The second-order valence-corrected chi connectivity index (χ2v) is 7.39. The highest BCUT2D eigenvalue weighted by Gasteiger charge is 2.08. The Hall–Kier alpha value is -2.06. The number of carbonyl (C=O) groups excluding carboxylic acids is 1. The van der Waals surface area contributed by atoms with Gasteiger partial charge in [-0.05, 0) is 24.3 Å². The van der Waals surface area contributed by atoms with Crippen molar-refractivity contribution in [2.45, 2.75) is 6.42 Å². The predicted molar refractivity (Wildman–Crippen MR) is 97.0 cm³/mol. The van der Waals surface area contributed by atoms with Crippen LogP contribution in [-0.2, 0) is 4.79 Å². The summed E-state index contributed by atoms with van der Waals surface area (Å²) < 4.78 is 0. The Morgan fingerprint density at radius 3 is 2.58 bits per heavy atom. The molecule has 0 aliphatic carbocycles. The van der Waals surface area contributed by atoms with Crippen LogP contribution < -0.4 is 5.32 Å². The molecule has 6 nitrogen and oxygen atoms in total. The third-order valence-electron chi connectivity index (χ3n) is 2.91. The fourth-order valence-electron chi connectivity index (χ4n) is 1.79. The number of carbonyl (C=O) groups is 2. The summed E-state index contributed by atoms with van der Waals surface area (Å²) in [5.41, 5.74) is 2.00. The maximum Gasteiger partial charge on any atom is 0.304 e. The maximum absolute atomic E-state index is 12.1. The summed E-state index contributed by atoms with van der Waals surface area (Å²) in [4.78, 5) is 30.8. The zero-order valence-corrected chi connectivity index (χ0v) is 14.5. The smallest absolute Gasteiger partial charge is 0.304 e. The van der Waals surface area contributed by atoms with Crippen molar-refractivity contribution in [3.63, 3.8) is 0 Å². The molecule has 2 heterocycles. The van der Waals surface area contributed by atoms with Crippen molar-refractivity contribution < 1.29 is 14.7 Å². The van der Waals surface area contributed by atoms with Gasteiger partial charge < -0.3 is 10.4 Å². The van der Waals surface area contributed by atoms with Crippen LogP contribution in [0.1, 0.15) is 16.9 Å². The van der Waals surface area contributed by atoms with Gasteiger partial charge >= 0.3 is 5.97 Å². The Balaban J connectivity index is 1.78. The zero-order valence-electron chi connectivity index (χ0n) is 12.8. The summed E-state index contributed by atoms with van der Waals surface area (Å²) >= 11 is 0. The first kappa shape index (κ1) is 18.3. The Morgan fingerprint density at radius 2 is 1.83 bits per heavy atom. The van der Waals surface area contributed by atoms with Crippen LogP contribution in [0.25, 0.3) is 11.3 Å². The average molecular weight is 363 g/mol. The lowest BCUT2D eigenvalue weighted by Gasteiger charge is -2.06. The van der Waals surface area contributed by atoms with Gasteiger partial charge in [0, 0.05) is 36.0 Å². The Bertz CT molecular complexity index is 683. The second kappa shape index (κ2) is 9.94. The highest BCUT2D eigenvalue weighted by atomic mass is 33.1. The van der Waals surface area contributed by atoms with E-state index in [1.807, 2.05) is 18.2 Å². The molecule has 2 aromatic rings. The average Bonchev–Trinajstić information content (AvgIpc) is 2.61. The number of amides is 1. The first-order valence-corrected chi connectivity index (χ1v) is 9.77. The molecule has 8 heteroatoms. The summed E-state index contributed by atoms with van der Waals surface area (Å²) in [7, 11) is 3.04. The van der Waals surface area contributed by atoms with Gasteiger partial charge in [0.1, 0.15) is 5.69 Å². The van der Waals surface area contributed by atoms with Gasteiger partial charge in [-0.3, -0.25) is 14.6 Å². The monoisotopic (exact) mass is 363 g/mol. The summed E-state index contributed by atoms with van der Waals surface area (Å²) in [6.45, 7) is 0.505. The maximum atomic E-state index is 12.1. The number of hydrogen-bond donors (Lipinski definition) is 2. The van der Waals surface area contributed by atoms with E-state index in [2.05, 4.69) is 15.3 Å². The van der Waals surface area contributed by atoms with Crippen LogP contribution in [0.4, 0.5) is 0 Å². The van der Waals surface area contributed by atoms with Gasteiger partial charge in [-0.25, -0.2) is 4.98 Å². The van der Waals surface area contributed by atoms with Crippen molar-refractivity contribution in [1.82, 2.24) is 15.3 Å². The van der Waals surface area contributed by atoms with Gasteiger partial charge in [-0.1, -0.05) is 27.7 Å². The molecule has 0 aromatic carbocycles. The van der Waals surface area contributed by atoms with E-state index < -0.39 is 5.97 Å². The number of nitrogens with zero attached hydrogens (tertiary/aromatic N) is 2. The molecule has 0 unspecified atom stereocenters. The SMILES string of the molecule is O=C(O)CCSSCCNC(=O)c1cccc(-c2ccncc2)n1. The number of nitrogens with one attached hydrogen (secondary N) is 1. The topological polar surface area (TPSA) is 92.2 Å². The van der Waals surface area contributed by atoms with E-state index in [1.165, 1.54) is 10.8 Å². The van der Waals surface area contributed by atoms with E-state index in [0.29, 0.717) is 23.7 Å². The van der Waals surface area contributed by atoms with E-state index in [4.69, 9.17) is 5.11 Å². The number of aromatic nitrogens is 2. The number of hydrogen-bond acceptors (Lipinski definition) is 6. The van der Waals surface area contributed by atoms with Gasteiger partial charge in [0.25, 0.3) is 5.91 Å². The van der Waals surface area contributed by atoms with E-state index in [-0.39, 0.29) is 12.3 Å². The van der Waals surface area contributed by atoms with Crippen LogP contribution >= 0.6 is 21.6 Å². The quantitative estimate of drug-likeness (QED) is 0.523. The molecule has 0 fully saturated rings. The molecule has 1 amide bonds. The third kappa shape index (κ3) is 6.21. The number of aliphatic carboxylic acids is 1. The molecule has 0 atom stereocenters. The van der Waals surface area contributed by atoms with Crippen molar-refractivity contribution in [3.05, 3.63) is 48.4 Å². The molecule has 0 saturated heterocycles. The van der Waals surface area contributed by atoms with Crippen LogP contribution in [0.15, 0.2) is 42.7 Å². The minimum absolute atomic E-state index is 0.149. The Morgan fingerprint density at radius 1 is 1.08 bits per heavy atom. The van der Waals surface area contributed by atoms with Gasteiger partial charge in [-0.15, -0.1) is 0 Å². The predicted octanol–water partition coefficient (Wildman–Crippen LogP) is 2.73. The van der Waals surface area contributed by atoms with Gasteiger partial charge in [0.2, 0.25) is 0 Å². The van der Waals surface area contributed by atoms with Crippen LogP contribution in [-0.4, -0.2) is 45.0 Å². The van der Waals surface area contributed by atoms with Gasteiger partial charge in [0.05, 0.1) is 12.1 Å². The summed E-state index contributed by atoms with van der Waals surface area (Å²) in [5, 5.41) is 11.3. The number of pyridine rings is 2. The van der Waals surface area contributed by atoms with Crippen molar-refractivity contribution in [2.24, 2.45) is 0 Å². The van der Waals surface area contributed by atoms with Crippen LogP contribution in [0.2, 0.25) is 0 Å². The molecule has 126 valence electrons. The molecule has 0 aliphatic rings. The van der Waals surface area contributed by atoms with Crippen LogP contribution in [0.3, 0.4) is 0 Å². The van der Waals surface area contributed by atoms with Gasteiger partial charge in [-0.2, -0.15) is 0 Å². The third-order valence-corrected chi connectivity index (χ3v) is 5.32. The van der Waals surface area contributed by atoms with Crippen LogP contribution in [0.5, 0.6) is 0 Å². The minimum Gasteiger partial charge on any atom is -0.481 e. The minimum atomic E-state index is -0.795. The number of rotatable bonds is 9. The largest absolute Gasteiger partial charge is 0.481 e. The molecule has 2 N–H and O–H groups in total. The van der Waals surface area contributed by atoms with Crippen LogP contribution in [0, 0.1) is 0 Å². The normalized spacial score (nSPS) is 10.3. The summed E-state index contributed by atoms with van der Waals surface area (Å²) in [6, 6.07) is 9.01. The Kier molecular flexibility index (Phi) is 7.57. The molecule has 0 radical (unpaired) electrons. The molecule has 24 heavy (non-hydrogen) atoms. The van der Waals surface area contributed by atoms with Crippen molar-refractivity contribution in [3.8, 4) is 11.3 Å². The van der Waals surface area contributed by atoms with Gasteiger partial charge in [0.15, 0.2) is 0 Å².